The predicted molar refractivity (Wildman–Crippen MR) is 88.7 cm³/mol. The third kappa shape index (κ3) is 4.45. The van der Waals surface area contributed by atoms with Crippen LogP contribution in [0.4, 0.5) is 0 Å². The highest BCUT2D eigenvalue weighted by molar-refractivity contribution is 6.31. The van der Waals surface area contributed by atoms with E-state index in [0.717, 1.165) is 17.5 Å². The molecule has 0 radical (unpaired) electrons. The molecule has 2 aromatic rings. The van der Waals surface area contributed by atoms with Crippen molar-refractivity contribution >= 4 is 23.2 Å². The van der Waals surface area contributed by atoms with E-state index in [1.165, 1.54) is 0 Å². The third-order valence-electron chi connectivity index (χ3n) is 3.41. The zero-order valence-electron chi connectivity index (χ0n) is 11.9. The van der Waals surface area contributed by atoms with E-state index in [-0.39, 0.29) is 12.1 Å². The summed E-state index contributed by atoms with van der Waals surface area (Å²) >= 11 is 12.2. The van der Waals surface area contributed by atoms with Crippen molar-refractivity contribution < 1.29 is 4.74 Å². The molecular formula is C17H19Cl2NO. The highest BCUT2D eigenvalue weighted by Crippen LogP contribution is 2.29. The molecule has 0 saturated heterocycles. The van der Waals surface area contributed by atoms with Crippen LogP contribution in [0.5, 0.6) is 0 Å². The summed E-state index contributed by atoms with van der Waals surface area (Å²) in [6.07, 6.45) is 0.593. The van der Waals surface area contributed by atoms with Gasteiger partial charge in [0.15, 0.2) is 0 Å². The Morgan fingerprint density at radius 2 is 1.71 bits per heavy atom. The largest absolute Gasteiger partial charge is 0.367 e. The van der Waals surface area contributed by atoms with Crippen LogP contribution in [0.1, 0.15) is 30.6 Å². The molecule has 0 amide bonds. The number of ether oxygens (including phenoxy) is 1. The van der Waals surface area contributed by atoms with E-state index < -0.39 is 0 Å². The second kappa shape index (κ2) is 7.81. The van der Waals surface area contributed by atoms with Crippen LogP contribution in [0, 0.1) is 0 Å². The molecule has 0 aromatic heterocycles. The lowest BCUT2D eigenvalue weighted by Gasteiger charge is -2.24. The highest BCUT2D eigenvalue weighted by atomic mass is 35.5. The van der Waals surface area contributed by atoms with Gasteiger partial charge in [0.05, 0.1) is 12.7 Å². The maximum atomic E-state index is 6.27. The molecule has 2 nitrogen and oxygen atoms in total. The van der Waals surface area contributed by atoms with E-state index in [0.29, 0.717) is 16.7 Å². The molecule has 0 aliphatic rings. The first-order valence-electron chi connectivity index (χ1n) is 6.98. The lowest BCUT2D eigenvalue weighted by atomic mass is 10.0. The average molecular weight is 324 g/mol. The van der Waals surface area contributed by atoms with Crippen molar-refractivity contribution in [1.29, 1.82) is 0 Å². The van der Waals surface area contributed by atoms with Gasteiger partial charge in [-0.3, -0.25) is 0 Å². The Morgan fingerprint density at radius 1 is 1.05 bits per heavy atom. The summed E-state index contributed by atoms with van der Waals surface area (Å²) in [5, 5.41) is 1.40. The van der Waals surface area contributed by atoms with Crippen LogP contribution in [0.25, 0.3) is 0 Å². The van der Waals surface area contributed by atoms with E-state index in [9.17, 15) is 0 Å². The predicted octanol–water partition coefficient (Wildman–Crippen LogP) is 4.99. The van der Waals surface area contributed by atoms with E-state index in [4.69, 9.17) is 33.7 Å². The fourth-order valence-corrected chi connectivity index (χ4v) is 2.50. The van der Waals surface area contributed by atoms with Crippen LogP contribution in [0.2, 0.25) is 10.0 Å². The number of rotatable bonds is 6. The van der Waals surface area contributed by atoms with Crippen molar-refractivity contribution in [2.24, 2.45) is 5.73 Å². The van der Waals surface area contributed by atoms with E-state index >= 15 is 0 Å². The molecule has 2 atom stereocenters. The molecular weight excluding hydrogens is 305 g/mol. The molecule has 0 saturated carbocycles. The second-order valence-corrected chi connectivity index (χ2v) is 5.80. The van der Waals surface area contributed by atoms with Gasteiger partial charge in [0.25, 0.3) is 0 Å². The molecule has 4 heteroatoms. The summed E-state index contributed by atoms with van der Waals surface area (Å²) in [4.78, 5) is 0. The lowest BCUT2D eigenvalue weighted by molar-refractivity contribution is 0.0213. The van der Waals surface area contributed by atoms with Crippen LogP contribution < -0.4 is 5.73 Å². The molecule has 2 rings (SSSR count). The minimum atomic E-state index is -0.223. The summed E-state index contributed by atoms with van der Waals surface area (Å²) < 4.78 is 6.04. The summed E-state index contributed by atoms with van der Waals surface area (Å²) in [6.45, 7) is 2.51. The molecule has 2 unspecified atom stereocenters. The van der Waals surface area contributed by atoms with Crippen molar-refractivity contribution in [2.45, 2.75) is 32.1 Å². The van der Waals surface area contributed by atoms with Crippen LogP contribution in [-0.4, -0.2) is 6.04 Å². The summed E-state index contributed by atoms with van der Waals surface area (Å²) in [5.41, 5.74) is 8.19. The van der Waals surface area contributed by atoms with Crippen LogP contribution in [0.15, 0.2) is 48.5 Å². The van der Waals surface area contributed by atoms with Crippen LogP contribution in [0.3, 0.4) is 0 Å². The van der Waals surface area contributed by atoms with Crippen LogP contribution >= 0.6 is 23.2 Å². The van der Waals surface area contributed by atoms with Gasteiger partial charge in [-0.2, -0.15) is 0 Å². The number of halogens is 2. The van der Waals surface area contributed by atoms with Gasteiger partial charge in [0.2, 0.25) is 0 Å². The average Bonchev–Trinajstić information content (AvgIpc) is 2.50. The first kappa shape index (κ1) is 16.3. The van der Waals surface area contributed by atoms with Crippen molar-refractivity contribution in [3.63, 3.8) is 0 Å². The third-order valence-corrected chi connectivity index (χ3v) is 4.01. The van der Waals surface area contributed by atoms with Gasteiger partial charge in [0, 0.05) is 21.7 Å². The van der Waals surface area contributed by atoms with Gasteiger partial charge in [-0.05, 0) is 30.2 Å². The fourth-order valence-electron chi connectivity index (χ4n) is 2.13. The fraction of sp³-hybridized carbons (Fsp3) is 0.294. The Bertz CT molecular complexity index is 571. The minimum absolute atomic E-state index is 0.0998. The second-order valence-electron chi connectivity index (χ2n) is 4.95. The number of nitrogens with two attached hydrogens (primary N) is 1. The number of benzene rings is 2. The summed E-state index contributed by atoms with van der Waals surface area (Å²) in [6, 6.07) is 15.2. The van der Waals surface area contributed by atoms with Gasteiger partial charge in [-0.15, -0.1) is 0 Å². The maximum absolute atomic E-state index is 6.27. The monoisotopic (exact) mass is 323 g/mol. The van der Waals surface area contributed by atoms with E-state index in [1.807, 2.05) is 55.5 Å². The number of hydrogen-bond acceptors (Lipinski definition) is 2. The van der Waals surface area contributed by atoms with E-state index in [2.05, 4.69) is 0 Å². The van der Waals surface area contributed by atoms with Crippen molar-refractivity contribution in [1.82, 2.24) is 0 Å². The van der Waals surface area contributed by atoms with Crippen molar-refractivity contribution in [2.75, 3.05) is 0 Å². The summed E-state index contributed by atoms with van der Waals surface area (Å²) in [7, 11) is 0. The molecule has 0 heterocycles. The first-order chi connectivity index (χ1) is 10.1. The van der Waals surface area contributed by atoms with Gasteiger partial charge in [-0.25, -0.2) is 0 Å². The molecule has 0 aliphatic carbocycles. The lowest BCUT2D eigenvalue weighted by Crippen LogP contribution is -2.29. The molecule has 0 bridgehead atoms. The Labute approximate surface area is 135 Å². The quantitative estimate of drug-likeness (QED) is 0.812. The topological polar surface area (TPSA) is 35.2 Å². The first-order valence-corrected chi connectivity index (χ1v) is 7.73. The number of hydrogen-bond donors (Lipinski definition) is 1. The molecule has 0 spiro atoms. The zero-order chi connectivity index (χ0) is 15.2. The van der Waals surface area contributed by atoms with Crippen molar-refractivity contribution in [3.05, 3.63) is 69.7 Å². The Kier molecular flexibility index (Phi) is 6.07. The van der Waals surface area contributed by atoms with Gasteiger partial charge < -0.3 is 10.5 Å². The Hall–Kier alpha value is -1.06. The Balaban J connectivity index is 2.14. The highest BCUT2D eigenvalue weighted by Gasteiger charge is 2.21. The van der Waals surface area contributed by atoms with Gasteiger partial charge in [0.1, 0.15) is 0 Å². The smallest absolute Gasteiger partial charge is 0.0994 e. The molecule has 2 aromatic carbocycles. The molecule has 0 fully saturated rings. The van der Waals surface area contributed by atoms with Gasteiger partial charge >= 0.3 is 0 Å². The van der Waals surface area contributed by atoms with Crippen molar-refractivity contribution in [3.8, 4) is 0 Å². The summed E-state index contributed by atoms with van der Waals surface area (Å²) in [5.74, 6) is 0. The molecule has 112 valence electrons. The van der Waals surface area contributed by atoms with Crippen LogP contribution in [-0.2, 0) is 11.3 Å². The zero-order valence-corrected chi connectivity index (χ0v) is 13.4. The standard InChI is InChI=1S/C17H19Cl2NO/c1-2-16(20)17(14-5-3-4-6-15(14)19)21-11-12-7-9-13(18)10-8-12/h3-10,16-17H,2,11,20H2,1H3. The van der Waals surface area contributed by atoms with Gasteiger partial charge in [-0.1, -0.05) is 60.5 Å². The maximum Gasteiger partial charge on any atom is 0.0994 e. The SMILES string of the molecule is CCC(N)C(OCc1ccc(Cl)cc1)c1ccccc1Cl. The molecule has 21 heavy (non-hydrogen) atoms. The minimum Gasteiger partial charge on any atom is -0.367 e. The normalized spacial score (nSPS) is 13.9. The molecule has 2 N–H and O–H groups in total. The van der Waals surface area contributed by atoms with E-state index in [1.54, 1.807) is 0 Å². The Morgan fingerprint density at radius 3 is 2.33 bits per heavy atom. The molecule has 0 aliphatic heterocycles.